The molecule has 1 N–H and O–H groups in total. The van der Waals surface area contributed by atoms with E-state index >= 15 is 0 Å². The number of anilines is 1. The Morgan fingerprint density at radius 1 is 1.04 bits per heavy atom. The summed E-state index contributed by atoms with van der Waals surface area (Å²) < 4.78 is 11.4. The Morgan fingerprint density at radius 2 is 1.88 bits per heavy atom. The standard InChI is InChI=1S/C18H19N5O2/c1-12-5-10-16(21-20-12)24-15-8-6-14(7-9-15)19-11-17-22-23-18(25-17)13-3-2-4-13/h5-10,13,19H,2-4,11H2,1H3. The quantitative estimate of drug-likeness (QED) is 0.731. The molecule has 1 aliphatic rings. The third-order valence-electron chi connectivity index (χ3n) is 4.23. The van der Waals surface area contributed by atoms with Crippen LogP contribution >= 0.6 is 0 Å². The van der Waals surface area contributed by atoms with Gasteiger partial charge < -0.3 is 14.5 Å². The highest BCUT2D eigenvalue weighted by Crippen LogP contribution is 2.35. The SMILES string of the molecule is Cc1ccc(Oc2ccc(NCc3nnc(C4CCC4)o3)cc2)nn1. The van der Waals surface area contributed by atoms with E-state index in [0.717, 1.165) is 30.1 Å². The monoisotopic (exact) mass is 337 g/mol. The minimum absolute atomic E-state index is 0.461. The maximum absolute atomic E-state index is 5.70. The fourth-order valence-electron chi connectivity index (χ4n) is 2.54. The molecule has 25 heavy (non-hydrogen) atoms. The Bertz CT molecular complexity index is 825. The molecular weight excluding hydrogens is 318 g/mol. The molecule has 0 bridgehead atoms. The van der Waals surface area contributed by atoms with Crippen molar-refractivity contribution < 1.29 is 9.15 Å². The summed E-state index contributed by atoms with van der Waals surface area (Å²) in [5, 5.41) is 19.4. The Morgan fingerprint density at radius 3 is 2.56 bits per heavy atom. The van der Waals surface area contributed by atoms with Gasteiger partial charge >= 0.3 is 0 Å². The van der Waals surface area contributed by atoms with E-state index in [1.165, 1.54) is 6.42 Å². The molecule has 0 saturated heterocycles. The normalized spacial score (nSPS) is 14.1. The second kappa shape index (κ2) is 6.88. The highest BCUT2D eigenvalue weighted by Gasteiger charge is 2.24. The van der Waals surface area contributed by atoms with E-state index in [2.05, 4.69) is 25.7 Å². The predicted octanol–water partition coefficient (Wildman–Crippen LogP) is 3.84. The van der Waals surface area contributed by atoms with E-state index in [0.29, 0.717) is 30.0 Å². The van der Waals surface area contributed by atoms with Crippen LogP contribution in [0.3, 0.4) is 0 Å². The predicted molar refractivity (Wildman–Crippen MR) is 91.5 cm³/mol. The van der Waals surface area contributed by atoms with Crippen molar-refractivity contribution in [2.75, 3.05) is 5.32 Å². The fourth-order valence-corrected chi connectivity index (χ4v) is 2.54. The number of rotatable bonds is 6. The van der Waals surface area contributed by atoms with Crippen molar-refractivity contribution in [3.63, 3.8) is 0 Å². The number of hydrogen-bond donors (Lipinski definition) is 1. The van der Waals surface area contributed by atoms with Crippen molar-refractivity contribution in [1.29, 1.82) is 0 Å². The van der Waals surface area contributed by atoms with E-state index in [-0.39, 0.29) is 0 Å². The highest BCUT2D eigenvalue weighted by molar-refractivity contribution is 5.46. The van der Waals surface area contributed by atoms with Crippen molar-refractivity contribution in [2.24, 2.45) is 0 Å². The second-order valence-corrected chi connectivity index (χ2v) is 6.15. The summed E-state index contributed by atoms with van der Waals surface area (Å²) in [7, 11) is 0. The van der Waals surface area contributed by atoms with Gasteiger partial charge in [-0.25, -0.2) is 0 Å². The summed E-state index contributed by atoms with van der Waals surface area (Å²) in [5.41, 5.74) is 1.80. The lowest BCUT2D eigenvalue weighted by Crippen LogP contribution is -2.08. The zero-order valence-corrected chi connectivity index (χ0v) is 14.0. The van der Waals surface area contributed by atoms with Gasteiger partial charge in [-0.05, 0) is 50.1 Å². The summed E-state index contributed by atoms with van der Waals surface area (Å²) in [6.07, 6.45) is 3.56. The minimum atomic E-state index is 0.461. The molecule has 2 aromatic heterocycles. The zero-order valence-electron chi connectivity index (χ0n) is 14.0. The van der Waals surface area contributed by atoms with E-state index in [1.807, 2.05) is 37.3 Å². The van der Waals surface area contributed by atoms with Gasteiger partial charge in [0.2, 0.25) is 17.7 Å². The maximum Gasteiger partial charge on any atom is 0.238 e. The molecule has 0 unspecified atom stereocenters. The first-order valence-electron chi connectivity index (χ1n) is 8.41. The molecule has 128 valence electrons. The highest BCUT2D eigenvalue weighted by atomic mass is 16.5. The first-order chi connectivity index (χ1) is 12.3. The molecule has 1 saturated carbocycles. The first kappa shape index (κ1) is 15.6. The van der Waals surface area contributed by atoms with Crippen molar-refractivity contribution in [2.45, 2.75) is 38.6 Å². The Hall–Kier alpha value is -2.96. The summed E-state index contributed by atoms with van der Waals surface area (Å²) in [6.45, 7) is 2.39. The van der Waals surface area contributed by atoms with E-state index in [4.69, 9.17) is 9.15 Å². The molecule has 0 atom stereocenters. The van der Waals surface area contributed by atoms with E-state index < -0.39 is 0 Å². The first-order valence-corrected chi connectivity index (χ1v) is 8.41. The number of aromatic nitrogens is 4. The van der Waals surface area contributed by atoms with E-state index in [9.17, 15) is 0 Å². The van der Waals surface area contributed by atoms with Crippen molar-refractivity contribution >= 4 is 5.69 Å². The van der Waals surface area contributed by atoms with Gasteiger partial charge in [-0.1, -0.05) is 6.42 Å². The van der Waals surface area contributed by atoms with Crippen LogP contribution in [0.5, 0.6) is 11.6 Å². The largest absolute Gasteiger partial charge is 0.438 e. The van der Waals surface area contributed by atoms with Crippen LogP contribution in [-0.4, -0.2) is 20.4 Å². The molecule has 0 amide bonds. The van der Waals surface area contributed by atoms with Gasteiger partial charge in [0.25, 0.3) is 0 Å². The number of aryl methyl sites for hydroxylation is 1. The van der Waals surface area contributed by atoms with Gasteiger partial charge in [-0.3, -0.25) is 0 Å². The molecule has 1 aliphatic carbocycles. The van der Waals surface area contributed by atoms with Gasteiger partial charge in [0.05, 0.1) is 12.2 Å². The molecule has 3 aromatic rings. The molecular formula is C18H19N5O2. The van der Waals surface area contributed by atoms with E-state index in [1.54, 1.807) is 6.07 Å². The zero-order chi connectivity index (χ0) is 17.1. The van der Waals surface area contributed by atoms with Gasteiger partial charge in [0.1, 0.15) is 5.75 Å². The van der Waals surface area contributed by atoms with Gasteiger partial charge in [0, 0.05) is 17.7 Å². The molecule has 1 aromatic carbocycles. The summed E-state index contributed by atoms with van der Waals surface area (Å²) in [4.78, 5) is 0. The van der Waals surface area contributed by atoms with Crippen LogP contribution in [0, 0.1) is 6.92 Å². The Labute approximate surface area is 145 Å². The summed E-state index contributed by atoms with van der Waals surface area (Å²) in [5.74, 6) is 3.01. The molecule has 7 nitrogen and oxygen atoms in total. The van der Waals surface area contributed by atoms with Crippen LogP contribution in [-0.2, 0) is 6.54 Å². The van der Waals surface area contributed by atoms with Gasteiger partial charge in [0.15, 0.2) is 0 Å². The van der Waals surface area contributed by atoms with Crippen LogP contribution in [0.1, 0.15) is 42.7 Å². The molecule has 1 fully saturated rings. The van der Waals surface area contributed by atoms with Crippen molar-refractivity contribution in [3.8, 4) is 11.6 Å². The molecule has 2 heterocycles. The second-order valence-electron chi connectivity index (χ2n) is 6.15. The molecule has 0 aliphatic heterocycles. The average molecular weight is 337 g/mol. The lowest BCUT2D eigenvalue weighted by Gasteiger charge is -2.20. The smallest absolute Gasteiger partial charge is 0.238 e. The van der Waals surface area contributed by atoms with Crippen LogP contribution in [0.25, 0.3) is 0 Å². The summed E-state index contributed by atoms with van der Waals surface area (Å²) in [6, 6.07) is 11.3. The number of ether oxygens (including phenoxy) is 1. The number of hydrogen-bond acceptors (Lipinski definition) is 7. The molecule has 0 radical (unpaired) electrons. The number of nitrogens with zero attached hydrogens (tertiary/aromatic N) is 4. The van der Waals surface area contributed by atoms with Gasteiger partial charge in [-0.15, -0.1) is 15.3 Å². The number of nitrogens with one attached hydrogen (secondary N) is 1. The van der Waals surface area contributed by atoms with Crippen LogP contribution in [0.4, 0.5) is 5.69 Å². The van der Waals surface area contributed by atoms with Gasteiger partial charge in [-0.2, -0.15) is 5.10 Å². The lowest BCUT2D eigenvalue weighted by molar-refractivity contribution is 0.326. The fraction of sp³-hybridized carbons (Fsp3) is 0.333. The summed E-state index contributed by atoms with van der Waals surface area (Å²) >= 11 is 0. The average Bonchev–Trinajstić information content (AvgIpc) is 3.03. The minimum Gasteiger partial charge on any atom is -0.438 e. The maximum atomic E-state index is 5.70. The van der Waals surface area contributed by atoms with Crippen LogP contribution < -0.4 is 10.1 Å². The Kier molecular flexibility index (Phi) is 4.28. The molecule has 4 rings (SSSR count). The van der Waals surface area contributed by atoms with Crippen molar-refractivity contribution in [3.05, 3.63) is 53.9 Å². The van der Waals surface area contributed by atoms with Crippen LogP contribution in [0.2, 0.25) is 0 Å². The molecule has 0 spiro atoms. The lowest BCUT2D eigenvalue weighted by atomic mass is 9.85. The topological polar surface area (TPSA) is 86.0 Å². The van der Waals surface area contributed by atoms with Crippen molar-refractivity contribution in [1.82, 2.24) is 20.4 Å². The number of benzene rings is 1. The third-order valence-corrected chi connectivity index (χ3v) is 4.23. The third kappa shape index (κ3) is 3.76. The van der Waals surface area contributed by atoms with Crippen LogP contribution in [0.15, 0.2) is 40.8 Å². The molecule has 7 heteroatoms. The Balaban J connectivity index is 1.32.